The van der Waals surface area contributed by atoms with Gasteiger partial charge in [0.1, 0.15) is 68.4 Å². The fourth-order valence-corrected chi connectivity index (χ4v) is 15.6. The average molecular weight is 1460 g/mol. The Morgan fingerprint density at radius 2 is 0.385 bits per heavy atom. The third-order valence-corrected chi connectivity index (χ3v) is 21.8. The van der Waals surface area contributed by atoms with Crippen molar-refractivity contribution in [1.82, 2.24) is 0 Å². The van der Waals surface area contributed by atoms with Crippen LogP contribution in [0.1, 0.15) is 383 Å². The molecule has 0 saturated carbocycles. The maximum Gasteiger partial charge on any atom is 0.126 e. The topological polar surface area (TPSA) is 280 Å². The van der Waals surface area contributed by atoms with Crippen molar-refractivity contribution < 1.29 is 80.2 Å². The maximum atomic E-state index is 10.4. The summed E-state index contributed by atoms with van der Waals surface area (Å²) in [5.41, 5.74) is 1.49. The molecule has 4 aromatic rings. The van der Waals surface area contributed by atoms with Gasteiger partial charge in [0.2, 0.25) is 0 Å². The zero-order chi connectivity index (χ0) is 75.3. The number of benzene rings is 4. The standard InChI is InChI=1S/C24H40O4.C23H38O4.C21H34O4.C20H32O4/c1-24(19-22(27)21-18-20(26)14-15-23(21)28-24)16-12-10-8-6-4-2-3-5-7-9-11-13-17-25;1-23(18-21(26)20-17-19(25)13-14-22(20)27-23)15-11-9-7-5-3-2-4-6-8-10-12-16-24;1-21(13-9-7-5-3-2-4-6-8-10-14-22)16-19(24)18-15-17(23)11-12-20(18)25-21;1-20(12-8-6-4-2-3-5-7-9-13-21)15-18(23)17-14-16(22)10-11-19(17)24-20/h14-15,18,22,25-27H,2-13,16-17,19H2,1H3;13-14,17,21,24-26H,2-12,15-16,18H2,1H3;11-12,15,19,22-24H,2-10,13-14,16H2,1H3;10-11,14,18,21-23H,2-9,12-13,15H2,1H3. The number of phenols is 4. The van der Waals surface area contributed by atoms with Crippen molar-refractivity contribution in [1.29, 1.82) is 0 Å². The third kappa shape index (κ3) is 35.3. The second-order valence-electron chi connectivity index (χ2n) is 32.0. The fraction of sp³-hybridized carbons (Fsp3) is 0.727. The maximum absolute atomic E-state index is 10.4. The molecule has 592 valence electrons. The molecule has 0 aliphatic carbocycles. The molecule has 0 spiro atoms. The highest BCUT2D eigenvalue weighted by Gasteiger charge is 2.40. The van der Waals surface area contributed by atoms with Crippen LogP contribution in [-0.4, -0.2) is 110 Å². The number of phenolic OH excluding ortho intramolecular Hbond substituents is 4. The number of hydrogen-bond acceptors (Lipinski definition) is 16. The first-order chi connectivity index (χ1) is 50.2. The third-order valence-electron chi connectivity index (χ3n) is 21.8. The van der Waals surface area contributed by atoms with E-state index in [1.54, 1.807) is 72.8 Å². The highest BCUT2D eigenvalue weighted by Crippen LogP contribution is 2.47. The second kappa shape index (κ2) is 50.6. The summed E-state index contributed by atoms with van der Waals surface area (Å²) >= 11 is 0. The van der Waals surface area contributed by atoms with Crippen molar-refractivity contribution in [2.45, 2.75) is 383 Å². The number of aliphatic hydroxyl groups excluding tert-OH is 8. The Hall–Kier alpha value is -5.04. The first-order valence-electron chi connectivity index (χ1n) is 41.4. The lowest BCUT2D eigenvalue weighted by atomic mass is 9.86. The Kier molecular flexibility index (Phi) is 43.6. The predicted molar refractivity (Wildman–Crippen MR) is 418 cm³/mol. The van der Waals surface area contributed by atoms with Gasteiger partial charge in [0.25, 0.3) is 0 Å². The van der Waals surface area contributed by atoms with Gasteiger partial charge >= 0.3 is 0 Å². The molecule has 8 unspecified atom stereocenters. The summed E-state index contributed by atoms with van der Waals surface area (Å²) in [6.07, 6.45) is 52.5. The van der Waals surface area contributed by atoms with Crippen LogP contribution in [0.25, 0.3) is 0 Å². The molecule has 12 N–H and O–H groups in total. The molecule has 4 aromatic carbocycles. The monoisotopic (exact) mass is 1460 g/mol. The van der Waals surface area contributed by atoms with E-state index in [9.17, 15) is 40.9 Å². The van der Waals surface area contributed by atoms with Crippen LogP contribution in [0.3, 0.4) is 0 Å². The van der Waals surface area contributed by atoms with E-state index in [0.29, 0.717) is 97.4 Å². The number of unbranched alkanes of at least 4 members (excludes halogenated alkanes) is 36. The fourth-order valence-electron chi connectivity index (χ4n) is 15.6. The van der Waals surface area contributed by atoms with Crippen LogP contribution < -0.4 is 18.9 Å². The van der Waals surface area contributed by atoms with E-state index in [1.165, 1.54) is 186 Å². The van der Waals surface area contributed by atoms with E-state index < -0.39 is 24.4 Å². The summed E-state index contributed by atoms with van der Waals surface area (Å²) < 4.78 is 24.6. The van der Waals surface area contributed by atoms with Crippen LogP contribution in [0.5, 0.6) is 46.0 Å². The van der Waals surface area contributed by atoms with Crippen molar-refractivity contribution in [2.75, 3.05) is 26.4 Å². The van der Waals surface area contributed by atoms with Crippen molar-refractivity contribution in [3.05, 3.63) is 95.1 Å². The van der Waals surface area contributed by atoms with E-state index in [4.69, 9.17) is 39.4 Å². The number of aromatic hydroxyl groups is 4. The Balaban J connectivity index is 0.000000250. The molecule has 0 aromatic heterocycles. The lowest BCUT2D eigenvalue weighted by Gasteiger charge is -2.38. The van der Waals surface area contributed by atoms with Gasteiger partial charge in [-0.3, -0.25) is 0 Å². The summed E-state index contributed by atoms with van der Waals surface area (Å²) in [5.74, 6) is 3.47. The van der Waals surface area contributed by atoms with E-state index in [0.717, 1.165) is 96.3 Å². The second-order valence-corrected chi connectivity index (χ2v) is 32.0. The minimum atomic E-state index is -0.572. The van der Waals surface area contributed by atoms with Gasteiger partial charge in [-0.05, 0) is 178 Å². The Bertz CT molecular complexity index is 2890. The highest BCUT2D eigenvalue weighted by molar-refractivity contribution is 5.46. The molecule has 0 bridgehead atoms. The van der Waals surface area contributed by atoms with Crippen LogP contribution in [0.15, 0.2) is 72.8 Å². The quantitative estimate of drug-likeness (QED) is 0.0183. The van der Waals surface area contributed by atoms with Crippen molar-refractivity contribution in [2.24, 2.45) is 0 Å². The lowest BCUT2D eigenvalue weighted by Crippen LogP contribution is -2.38. The molecule has 0 saturated heterocycles. The molecule has 16 nitrogen and oxygen atoms in total. The van der Waals surface area contributed by atoms with E-state index in [2.05, 4.69) is 27.7 Å². The molecule has 0 fully saturated rings. The van der Waals surface area contributed by atoms with Gasteiger partial charge in [0.05, 0.1) is 24.4 Å². The number of fused-ring (bicyclic) bond motifs is 4. The van der Waals surface area contributed by atoms with E-state index in [1.807, 2.05) is 0 Å². The molecular weight excluding hydrogens is 1310 g/mol. The van der Waals surface area contributed by atoms with Gasteiger partial charge in [-0.1, -0.05) is 205 Å². The van der Waals surface area contributed by atoms with Crippen LogP contribution >= 0.6 is 0 Å². The first-order valence-corrected chi connectivity index (χ1v) is 41.4. The molecule has 8 atom stereocenters. The van der Waals surface area contributed by atoms with Crippen LogP contribution in [0.2, 0.25) is 0 Å². The molecule has 104 heavy (non-hydrogen) atoms. The molecule has 4 aliphatic rings. The van der Waals surface area contributed by atoms with Crippen molar-refractivity contribution in [3.8, 4) is 46.0 Å². The summed E-state index contributed by atoms with van der Waals surface area (Å²) in [7, 11) is 0. The van der Waals surface area contributed by atoms with Gasteiger partial charge in [-0.2, -0.15) is 0 Å². The average Bonchev–Trinajstić information content (AvgIpc) is 0.813. The summed E-state index contributed by atoms with van der Waals surface area (Å²) in [5, 5.41) is 115. The molecule has 8 rings (SSSR count). The Morgan fingerprint density at radius 3 is 0.538 bits per heavy atom. The van der Waals surface area contributed by atoms with Gasteiger partial charge in [0.15, 0.2) is 0 Å². The van der Waals surface area contributed by atoms with Gasteiger partial charge in [-0.15, -0.1) is 0 Å². The van der Waals surface area contributed by atoms with Gasteiger partial charge in [-0.25, -0.2) is 0 Å². The molecule has 0 amide bonds. The molecule has 4 heterocycles. The summed E-state index contributed by atoms with van der Waals surface area (Å²) in [4.78, 5) is 0. The minimum Gasteiger partial charge on any atom is -0.508 e. The summed E-state index contributed by atoms with van der Waals surface area (Å²) in [6.45, 7) is 9.63. The minimum absolute atomic E-state index is 0.166. The van der Waals surface area contributed by atoms with Gasteiger partial charge < -0.3 is 80.2 Å². The molecule has 4 aliphatic heterocycles. The number of ether oxygens (including phenoxy) is 4. The van der Waals surface area contributed by atoms with Crippen LogP contribution in [-0.2, 0) is 0 Å². The van der Waals surface area contributed by atoms with Crippen LogP contribution in [0.4, 0.5) is 0 Å². The summed E-state index contributed by atoms with van der Waals surface area (Å²) in [6, 6.07) is 19.9. The van der Waals surface area contributed by atoms with E-state index >= 15 is 0 Å². The molecule has 16 heteroatoms. The first kappa shape index (κ1) is 89.6. The Labute approximate surface area is 627 Å². The largest absolute Gasteiger partial charge is 0.508 e. The van der Waals surface area contributed by atoms with E-state index in [-0.39, 0.29) is 45.4 Å². The number of rotatable bonds is 48. The SMILES string of the molecule is CC1(CCCCCCCCCCCCCCO)CC(O)c2cc(O)ccc2O1.CC1(CCCCCCCCCCCCCO)CC(O)c2cc(O)ccc2O1.CC1(CCCCCCCCCCCO)CC(O)c2cc(O)ccc2O1.CC1(CCCCCCCCCCO)CC(O)c2cc(O)ccc2O1. The number of hydrogen-bond donors (Lipinski definition) is 12. The van der Waals surface area contributed by atoms with Crippen LogP contribution in [0, 0.1) is 0 Å². The highest BCUT2D eigenvalue weighted by atomic mass is 16.5. The van der Waals surface area contributed by atoms with Crippen molar-refractivity contribution in [3.63, 3.8) is 0 Å². The lowest BCUT2D eigenvalue weighted by molar-refractivity contribution is -0.00920. The predicted octanol–water partition coefficient (Wildman–Crippen LogP) is 21.0. The van der Waals surface area contributed by atoms with Gasteiger partial charge in [0, 0.05) is 74.4 Å². The number of aliphatic hydroxyl groups is 8. The zero-order valence-electron chi connectivity index (χ0n) is 65.0. The Morgan fingerprint density at radius 1 is 0.240 bits per heavy atom. The zero-order valence-corrected chi connectivity index (χ0v) is 65.0. The van der Waals surface area contributed by atoms with Crippen molar-refractivity contribution >= 4 is 0 Å². The smallest absolute Gasteiger partial charge is 0.126 e. The molecular formula is C88H144O16. The normalized spacial score (nSPS) is 22.0. The molecule has 0 radical (unpaired) electrons.